The highest BCUT2D eigenvalue weighted by molar-refractivity contribution is 6.35. The first-order chi connectivity index (χ1) is 14.5. The van der Waals surface area contributed by atoms with Gasteiger partial charge in [0.05, 0.1) is 18.5 Å². The average molecular weight is 444 g/mol. The Hall–Kier alpha value is -2.50. The number of ether oxygens (including phenoxy) is 1. The summed E-state index contributed by atoms with van der Waals surface area (Å²) in [7, 11) is 1.66. The summed E-state index contributed by atoms with van der Waals surface area (Å²) in [6, 6.07) is 15.3. The number of benzene rings is 2. The molecule has 0 atom stereocenters. The minimum Gasteiger partial charge on any atom is -0.497 e. The predicted molar refractivity (Wildman–Crippen MR) is 119 cm³/mol. The predicted octanol–water partition coefficient (Wildman–Crippen LogP) is 5.31. The van der Waals surface area contributed by atoms with Gasteiger partial charge in [0.15, 0.2) is 0 Å². The van der Waals surface area contributed by atoms with Crippen LogP contribution in [-0.2, 0) is 17.8 Å². The third-order valence-electron chi connectivity index (χ3n) is 5.20. The molecule has 1 aliphatic rings. The highest BCUT2D eigenvalue weighted by atomic mass is 35.5. The lowest BCUT2D eigenvalue weighted by molar-refractivity contribution is -0.121. The molecule has 0 bridgehead atoms. The third kappa shape index (κ3) is 4.97. The second-order valence-electron chi connectivity index (χ2n) is 7.46. The number of aromatic nitrogens is 2. The number of halogens is 2. The first kappa shape index (κ1) is 20.8. The fourth-order valence-corrected chi connectivity index (χ4v) is 3.83. The summed E-state index contributed by atoms with van der Waals surface area (Å²) >= 11 is 12.1. The van der Waals surface area contributed by atoms with Gasteiger partial charge in [-0.2, -0.15) is 5.10 Å². The van der Waals surface area contributed by atoms with Gasteiger partial charge in [-0.1, -0.05) is 29.3 Å². The zero-order chi connectivity index (χ0) is 21.1. The second-order valence-corrected chi connectivity index (χ2v) is 8.30. The molecule has 2 aromatic carbocycles. The Morgan fingerprint density at radius 1 is 1.17 bits per heavy atom. The van der Waals surface area contributed by atoms with E-state index in [9.17, 15) is 4.79 Å². The molecular formula is C23H23Cl2N3O2. The van der Waals surface area contributed by atoms with Crippen LogP contribution in [0.3, 0.4) is 0 Å². The molecule has 3 aromatic rings. The summed E-state index contributed by atoms with van der Waals surface area (Å²) in [5.74, 6) is 1.33. The van der Waals surface area contributed by atoms with E-state index in [2.05, 4.69) is 11.4 Å². The molecule has 1 amide bonds. The van der Waals surface area contributed by atoms with Gasteiger partial charge in [-0.05, 0) is 60.9 Å². The van der Waals surface area contributed by atoms with Crippen LogP contribution in [0, 0.1) is 0 Å². The highest BCUT2D eigenvalue weighted by Gasteiger charge is 2.28. The van der Waals surface area contributed by atoms with Crippen LogP contribution in [0.5, 0.6) is 5.75 Å². The first-order valence-corrected chi connectivity index (χ1v) is 10.7. The summed E-state index contributed by atoms with van der Waals surface area (Å²) in [5, 5.41) is 8.82. The quantitative estimate of drug-likeness (QED) is 0.512. The maximum Gasteiger partial charge on any atom is 0.220 e. The SMILES string of the molecule is COc1ccc(-n2nc(CCC(=O)NCc3ccc(Cl)cc3Cl)cc2C2CC2)cc1. The molecule has 7 heteroatoms. The lowest BCUT2D eigenvalue weighted by atomic mass is 10.2. The summed E-state index contributed by atoms with van der Waals surface area (Å²) < 4.78 is 7.24. The van der Waals surface area contributed by atoms with Gasteiger partial charge < -0.3 is 10.1 Å². The van der Waals surface area contributed by atoms with Crippen LogP contribution in [0.4, 0.5) is 0 Å². The minimum absolute atomic E-state index is 0.0343. The van der Waals surface area contributed by atoms with Gasteiger partial charge in [-0.15, -0.1) is 0 Å². The summed E-state index contributed by atoms with van der Waals surface area (Å²) in [6.07, 6.45) is 3.32. The van der Waals surface area contributed by atoms with Crippen LogP contribution in [0.15, 0.2) is 48.5 Å². The first-order valence-electron chi connectivity index (χ1n) is 9.97. The van der Waals surface area contributed by atoms with Crippen LogP contribution in [0.2, 0.25) is 10.0 Å². The molecule has 0 aliphatic heterocycles. The van der Waals surface area contributed by atoms with Gasteiger partial charge >= 0.3 is 0 Å². The second kappa shape index (κ2) is 9.11. The molecule has 1 aliphatic carbocycles. The van der Waals surface area contributed by atoms with Crippen molar-refractivity contribution < 1.29 is 9.53 Å². The molecule has 1 fully saturated rings. The Kier molecular flexibility index (Phi) is 6.30. The van der Waals surface area contributed by atoms with Crippen LogP contribution in [-0.4, -0.2) is 22.8 Å². The smallest absolute Gasteiger partial charge is 0.220 e. The van der Waals surface area contributed by atoms with Crippen molar-refractivity contribution in [2.75, 3.05) is 7.11 Å². The number of carbonyl (C=O) groups excluding carboxylic acids is 1. The fourth-order valence-electron chi connectivity index (χ4n) is 3.36. The highest BCUT2D eigenvalue weighted by Crippen LogP contribution is 2.41. The van der Waals surface area contributed by atoms with Gasteiger partial charge in [0, 0.05) is 41.0 Å². The zero-order valence-corrected chi connectivity index (χ0v) is 18.2. The molecular weight excluding hydrogens is 421 g/mol. The molecule has 1 heterocycles. The van der Waals surface area contributed by atoms with Crippen molar-refractivity contribution in [3.05, 3.63) is 75.5 Å². The number of nitrogens with one attached hydrogen (secondary N) is 1. The summed E-state index contributed by atoms with van der Waals surface area (Å²) in [5.41, 5.74) is 3.98. The monoisotopic (exact) mass is 443 g/mol. The Morgan fingerprint density at radius 3 is 2.60 bits per heavy atom. The molecule has 30 heavy (non-hydrogen) atoms. The summed E-state index contributed by atoms with van der Waals surface area (Å²) in [4.78, 5) is 12.3. The van der Waals surface area contributed by atoms with E-state index in [4.69, 9.17) is 33.0 Å². The van der Waals surface area contributed by atoms with E-state index < -0.39 is 0 Å². The van der Waals surface area contributed by atoms with Crippen molar-refractivity contribution in [3.63, 3.8) is 0 Å². The topological polar surface area (TPSA) is 56.2 Å². The molecule has 156 valence electrons. The van der Waals surface area contributed by atoms with Crippen molar-refractivity contribution in [1.29, 1.82) is 0 Å². The molecule has 4 rings (SSSR count). The Labute approximate surface area is 185 Å². The van der Waals surface area contributed by atoms with Crippen molar-refractivity contribution >= 4 is 29.1 Å². The van der Waals surface area contributed by atoms with E-state index in [0.29, 0.717) is 35.3 Å². The zero-order valence-electron chi connectivity index (χ0n) is 16.7. The molecule has 1 aromatic heterocycles. The van der Waals surface area contributed by atoms with Crippen LogP contribution in [0.1, 0.15) is 42.1 Å². The average Bonchev–Trinajstić information content (AvgIpc) is 3.51. The number of amides is 1. The normalized spacial score (nSPS) is 13.3. The largest absolute Gasteiger partial charge is 0.497 e. The maximum atomic E-state index is 12.3. The van der Waals surface area contributed by atoms with Crippen LogP contribution < -0.4 is 10.1 Å². The number of hydrogen-bond donors (Lipinski definition) is 1. The van der Waals surface area contributed by atoms with Gasteiger partial charge in [-0.3, -0.25) is 4.79 Å². The number of aryl methyl sites for hydroxylation is 1. The Morgan fingerprint density at radius 2 is 1.93 bits per heavy atom. The van der Waals surface area contributed by atoms with Gasteiger partial charge in [0.2, 0.25) is 5.91 Å². The van der Waals surface area contributed by atoms with Gasteiger partial charge in [0.25, 0.3) is 0 Å². The minimum atomic E-state index is -0.0343. The van der Waals surface area contributed by atoms with E-state index in [1.165, 1.54) is 18.5 Å². The summed E-state index contributed by atoms with van der Waals surface area (Å²) in [6.45, 7) is 0.377. The number of methoxy groups -OCH3 is 1. The van der Waals surface area contributed by atoms with Crippen molar-refractivity contribution in [2.24, 2.45) is 0 Å². The molecule has 5 nitrogen and oxygen atoms in total. The van der Waals surface area contributed by atoms with Crippen molar-refractivity contribution in [2.45, 2.75) is 38.1 Å². The number of nitrogens with zero attached hydrogens (tertiary/aromatic N) is 2. The maximum absolute atomic E-state index is 12.3. The number of rotatable bonds is 8. The standard InChI is InChI=1S/C23H23Cl2N3O2/c1-30-20-9-7-19(8-10-20)28-22(15-2-3-15)13-18(27-28)6-11-23(29)26-14-16-4-5-17(24)12-21(16)25/h4-5,7-10,12-13,15H,2-3,6,11,14H2,1H3,(H,26,29). The number of carbonyl (C=O) groups is 1. The molecule has 0 unspecified atom stereocenters. The van der Waals surface area contributed by atoms with Gasteiger partial charge in [0.1, 0.15) is 5.75 Å². The van der Waals surface area contributed by atoms with Crippen molar-refractivity contribution in [3.8, 4) is 11.4 Å². The molecule has 0 spiro atoms. The van der Waals surface area contributed by atoms with E-state index in [0.717, 1.165) is 22.7 Å². The van der Waals surface area contributed by atoms with Gasteiger partial charge in [-0.25, -0.2) is 4.68 Å². The lowest BCUT2D eigenvalue weighted by Crippen LogP contribution is -2.23. The van der Waals surface area contributed by atoms with E-state index in [1.807, 2.05) is 35.0 Å². The molecule has 0 saturated heterocycles. The van der Waals surface area contributed by atoms with E-state index in [1.54, 1.807) is 19.2 Å². The molecule has 0 radical (unpaired) electrons. The van der Waals surface area contributed by atoms with Crippen LogP contribution >= 0.6 is 23.2 Å². The van der Waals surface area contributed by atoms with Crippen LogP contribution in [0.25, 0.3) is 5.69 Å². The van der Waals surface area contributed by atoms with E-state index in [-0.39, 0.29) is 5.91 Å². The number of hydrogen-bond acceptors (Lipinski definition) is 3. The fraction of sp³-hybridized carbons (Fsp3) is 0.304. The van der Waals surface area contributed by atoms with Crippen molar-refractivity contribution in [1.82, 2.24) is 15.1 Å². The molecule has 1 N–H and O–H groups in total. The third-order valence-corrected chi connectivity index (χ3v) is 5.79. The molecule has 1 saturated carbocycles. The Balaban J connectivity index is 1.39. The Bertz CT molecular complexity index is 1040. The van der Waals surface area contributed by atoms with E-state index >= 15 is 0 Å². The lowest BCUT2D eigenvalue weighted by Gasteiger charge is -2.08.